The first kappa shape index (κ1) is 9.83. The van der Waals surface area contributed by atoms with Crippen molar-refractivity contribution in [2.45, 2.75) is 6.42 Å². The van der Waals surface area contributed by atoms with Gasteiger partial charge in [0.25, 0.3) is 0 Å². The summed E-state index contributed by atoms with van der Waals surface area (Å²) < 4.78 is 0. The zero-order valence-electron chi connectivity index (χ0n) is 8.04. The van der Waals surface area contributed by atoms with Crippen LogP contribution < -0.4 is 5.32 Å². The summed E-state index contributed by atoms with van der Waals surface area (Å²) in [4.78, 5) is 25.8. The van der Waals surface area contributed by atoms with Crippen molar-refractivity contribution in [1.29, 1.82) is 0 Å². The molecule has 0 aromatic rings. The number of carbonyl (C=O) groups excluding carboxylic acids is 2. The molecule has 0 atom stereocenters. The molecule has 0 aromatic heterocycles. The molecule has 1 N–H and O–H groups in total. The van der Waals surface area contributed by atoms with E-state index in [2.05, 4.69) is 5.32 Å². The van der Waals surface area contributed by atoms with Crippen LogP contribution in [0.15, 0.2) is 0 Å². The molecule has 1 saturated heterocycles. The molecular weight excluding hydrogens is 170 g/mol. The van der Waals surface area contributed by atoms with Crippen molar-refractivity contribution in [3.8, 4) is 0 Å². The number of likely N-dealkylation sites (N-methyl/N-ethyl adjacent to an activating group) is 1. The predicted molar refractivity (Wildman–Crippen MR) is 48.3 cm³/mol. The van der Waals surface area contributed by atoms with Crippen molar-refractivity contribution >= 4 is 11.9 Å². The summed E-state index contributed by atoms with van der Waals surface area (Å²) in [5.74, 6) is 0.00102. The lowest BCUT2D eigenvalue weighted by Crippen LogP contribution is -2.42. The predicted octanol–water partition coefficient (Wildman–Crippen LogP) is -0.510. The van der Waals surface area contributed by atoms with Crippen LogP contribution in [0.1, 0.15) is 6.42 Å². The van der Waals surface area contributed by atoms with Crippen molar-refractivity contribution in [1.82, 2.24) is 15.1 Å². The fraction of sp³-hybridized carbons (Fsp3) is 0.750. The lowest BCUT2D eigenvalue weighted by molar-refractivity contribution is -0.129. The minimum atomic E-state index is -0.177. The molecule has 1 aliphatic rings. The minimum Gasteiger partial charge on any atom is -0.344 e. The molecule has 1 aliphatic heterocycles. The van der Waals surface area contributed by atoms with Gasteiger partial charge in [0.05, 0.1) is 0 Å². The summed E-state index contributed by atoms with van der Waals surface area (Å²) >= 11 is 0. The van der Waals surface area contributed by atoms with E-state index in [1.807, 2.05) is 0 Å². The second-order valence-electron chi connectivity index (χ2n) is 3.15. The lowest BCUT2D eigenvalue weighted by atomic mass is 10.4. The summed E-state index contributed by atoms with van der Waals surface area (Å²) in [7, 11) is 3.33. The van der Waals surface area contributed by atoms with Crippen molar-refractivity contribution in [2.24, 2.45) is 0 Å². The van der Waals surface area contributed by atoms with Gasteiger partial charge in [0.1, 0.15) is 6.54 Å². The molecule has 3 amide bonds. The first-order valence-corrected chi connectivity index (χ1v) is 4.35. The molecule has 0 radical (unpaired) electrons. The number of hydrogen-bond acceptors (Lipinski definition) is 2. The fourth-order valence-corrected chi connectivity index (χ4v) is 1.32. The Kier molecular flexibility index (Phi) is 3.11. The van der Waals surface area contributed by atoms with E-state index in [0.717, 1.165) is 13.0 Å². The summed E-state index contributed by atoms with van der Waals surface area (Å²) in [6.07, 6.45) is 0.843. The molecule has 5 heteroatoms. The number of amides is 3. The Morgan fingerprint density at radius 1 is 1.46 bits per heavy atom. The molecular formula is C8H15N3O2. The molecule has 0 aromatic carbocycles. The molecule has 0 aliphatic carbocycles. The molecule has 1 heterocycles. The lowest BCUT2D eigenvalue weighted by Gasteiger charge is -2.18. The van der Waals surface area contributed by atoms with E-state index < -0.39 is 0 Å². The largest absolute Gasteiger partial charge is 0.344 e. The zero-order valence-corrected chi connectivity index (χ0v) is 8.04. The van der Waals surface area contributed by atoms with Gasteiger partial charge in [-0.05, 0) is 6.42 Å². The van der Waals surface area contributed by atoms with E-state index >= 15 is 0 Å². The van der Waals surface area contributed by atoms with Crippen LogP contribution in [0.2, 0.25) is 0 Å². The van der Waals surface area contributed by atoms with Gasteiger partial charge in [-0.15, -0.1) is 0 Å². The van der Waals surface area contributed by atoms with Crippen LogP contribution in [0.4, 0.5) is 4.79 Å². The van der Waals surface area contributed by atoms with Gasteiger partial charge in [0.2, 0.25) is 5.91 Å². The highest BCUT2D eigenvalue weighted by molar-refractivity contribution is 5.84. The second-order valence-corrected chi connectivity index (χ2v) is 3.15. The zero-order chi connectivity index (χ0) is 9.84. The van der Waals surface area contributed by atoms with Crippen LogP contribution >= 0.6 is 0 Å². The molecule has 0 spiro atoms. The van der Waals surface area contributed by atoms with Gasteiger partial charge >= 0.3 is 6.03 Å². The Morgan fingerprint density at radius 3 is 2.77 bits per heavy atom. The Balaban J connectivity index is 2.59. The highest BCUT2D eigenvalue weighted by Gasteiger charge is 2.21. The number of rotatable bonds is 0. The van der Waals surface area contributed by atoms with Crippen molar-refractivity contribution in [2.75, 3.05) is 33.7 Å². The fourth-order valence-electron chi connectivity index (χ4n) is 1.32. The third kappa shape index (κ3) is 2.34. The van der Waals surface area contributed by atoms with Gasteiger partial charge in [0.15, 0.2) is 0 Å². The van der Waals surface area contributed by atoms with Crippen LogP contribution in [0, 0.1) is 0 Å². The topological polar surface area (TPSA) is 52.7 Å². The molecule has 74 valence electrons. The average Bonchev–Trinajstić information content (AvgIpc) is 2.28. The average molecular weight is 185 g/mol. The summed E-state index contributed by atoms with van der Waals surface area (Å²) in [6.45, 7) is 1.57. The summed E-state index contributed by atoms with van der Waals surface area (Å²) in [6, 6.07) is -0.177. The molecule has 1 rings (SSSR count). The maximum Gasteiger partial charge on any atom is 0.317 e. The van der Waals surface area contributed by atoms with Crippen LogP contribution in [0.3, 0.4) is 0 Å². The standard InChI is InChI=1S/C8H15N3O2/c1-9-8(13)11-5-3-4-10(2)7(12)6-11/h3-6H2,1-2H3,(H,9,13). The van der Waals surface area contributed by atoms with E-state index in [-0.39, 0.29) is 18.5 Å². The monoisotopic (exact) mass is 185 g/mol. The highest BCUT2D eigenvalue weighted by atomic mass is 16.2. The molecule has 13 heavy (non-hydrogen) atoms. The maximum absolute atomic E-state index is 11.3. The van der Waals surface area contributed by atoms with Crippen LogP contribution in [0.5, 0.6) is 0 Å². The molecule has 5 nitrogen and oxygen atoms in total. The number of carbonyl (C=O) groups is 2. The SMILES string of the molecule is CNC(=O)N1CCCN(C)C(=O)C1. The normalized spacial score (nSPS) is 18.5. The Morgan fingerprint density at radius 2 is 2.15 bits per heavy atom. The van der Waals surface area contributed by atoms with Crippen LogP contribution in [-0.4, -0.2) is 55.5 Å². The van der Waals surface area contributed by atoms with Gasteiger partial charge in [-0.3, -0.25) is 4.79 Å². The molecule has 1 fully saturated rings. The van der Waals surface area contributed by atoms with Gasteiger partial charge in [0, 0.05) is 27.2 Å². The van der Waals surface area contributed by atoms with Crippen molar-refractivity contribution in [3.05, 3.63) is 0 Å². The smallest absolute Gasteiger partial charge is 0.317 e. The molecule has 0 saturated carbocycles. The number of nitrogens with one attached hydrogen (secondary N) is 1. The van der Waals surface area contributed by atoms with E-state index in [1.54, 1.807) is 19.0 Å². The van der Waals surface area contributed by atoms with E-state index in [4.69, 9.17) is 0 Å². The van der Waals surface area contributed by atoms with Gasteiger partial charge < -0.3 is 15.1 Å². The first-order chi connectivity index (χ1) is 6.15. The number of hydrogen-bond donors (Lipinski definition) is 1. The quantitative estimate of drug-likeness (QED) is 0.552. The highest BCUT2D eigenvalue weighted by Crippen LogP contribution is 2.01. The third-order valence-corrected chi connectivity index (χ3v) is 2.17. The van der Waals surface area contributed by atoms with Gasteiger partial charge in [-0.2, -0.15) is 0 Å². The Bertz CT molecular complexity index is 217. The molecule has 0 bridgehead atoms. The van der Waals surface area contributed by atoms with Gasteiger partial charge in [-0.1, -0.05) is 0 Å². The van der Waals surface area contributed by atoms with Crippen LogP contribution in [0.25, 0.3) is 0 Å². The van der Waals surface area contributed by atoms with E-state index in [9.17, 15) is 9.59 Å². The van der Waals surface area contributed by atoms with E-state index in [0.29, 0.717) is 6.54 Å². The van der Waals surface area contributed by atoms with Crippen molar-refractivity contribution in [3.63, 3.8) is 0 Å². The summed E-state index contributed by atoms with van der Waals surface area (Å²) in [5, 5.41) is 2.51. The Labute approximate surface area is 77.7 Å². The number of nitrogens with zero attached hydrogens (tertiary/aromatic N) is 2. The number of urea groups is 1. The molecule has 0 unspecified atom stereocenters. The van der Waals surface area contributed by atoms with Crippen molar-refractivity contribution < 1.29 is 9.59 Å². The van der Waals surface area contributed by atoms with E-state index in [1.165, 1.54) is 4.90 Å². The minimum absolute atomic E-state index is 0.00102. The maximum atomic E-state index is 11.3. The van der Waals surface area contributed by atoms with Crippen LogP contribution in [-0.2, 0) is 4.79 Å². The summed E-state index contributed by atoms with van der Waals surface area (Å²) in [5.41, 5.74) is 0. The second kappa shape index (κ2) is 4.11. The third-order valence-electron chi connectivity index (χ3n) is 2.17. The van der Waals surface area contributed by atoms with Gasteiger partial charge in [-0.25, -0.2) is 4.79 Å². The Hall–Kier alpha value is -1.26. The first-order valence-electron chi connectivity index (χ1n) is 4.35.